The molecule has 1 aromatic rings. The second-order valence-electron chi connectivity index (χ2n) is 4.46. The predicted octanol–water partition coefficient (Wildman–Crippen LogP) is 2.17. The van der Waals surface area contributed by atoms with Crippen LogP contribution in [-0.4, -0.2) is 42.2 Å². The Morgan fingerprint density at radius 3 is 2.72 bits per heavy atom. The summed E-state index contributed by atoms with van der Waals surface area (Å²) in [6, 6.07) is 7.42. The van der Waals surface area contributed by atoms with Crippen LogP contribution in [0.2, 0.25) is 0 Å². The third-order valence-corrected chi connectivity index (χ3v) is 3.02. The van der Waals surface area contributed by atoms with Crippen molar-refractivity contribution in [2.75, 3.05) is 20.2 Å². The Bertz CT molecular complexity index is 392. The standard InChI is InChI=1S/C14H21NO3/c1-11-7-4-5-8-13(11)18-10-6-9-15(3)12(2)14(16)17/h4-5,7-8,12H,6,9-10H2,1-3H3,(H,16,17)/t12-/m0/s1. The molecule has 0 radical (unpaired) electrons. The Morgan fingerprint density at radius 2 is 2.11 bits per heavy atom. The molecule has 4 heteroatoms. The number of carbonyl (C=O) groups is 1. The maximum absolute atomic E-state index is 10.8. The van der Waals surface area contributed by atoms with Gasteiger partial charge in [-0.05, 0) is 38.9 Å². The van der Waals surface area contributed by atoms with Gasteiger partial charge in [0, 0.05) is 6.54 Å². The van der Waals surface area contributed by atoms with Crippen molar-refractivity contribution in [3.8, 4) is 5.75 Å². The van der Waals surface area contributed by atoms with E-state index in [1.54, 1.807) is 6.92 Å². The van der Waals surface area contributed by atoms with E-state index in [0.717, 1.165) is 17.7 Å². The molecule has 0 aliphatic rings. The molecule has 0 fully saturated rings. The van der Waals surface area contributed by atoms with E-state index in [-0.39, 0.29) is 0 Å². The van der Waals surface area contributed by atoms with Gasteiger partial charge >= 0.3 is 5.97 Å². The van der Waals surface area contributed by atoms with Crippen molar-refractivity contribution < 1.29 is 14.6 Å². The highest BCUT2D eigenvalue weighted by Gasteiger charge is 2.15. The molecule has 0 aliphatic heterocycles. The van der Waals surface area contributed by atoms with Gasteiger partial charge in [-0.1, -0.05) is 18.2 Å². The molecule has 0 saturated heterocycles. The van der Waals surface area contributed by atoms with Crippen LogP contribution in [0.1, 0.15) is 18.9 Å². The van der Waals surface area contributed by atoms with Crippen LogP contribution >= 0.6 is 0 Å². The Kier molecular flexibility index (Phi) is 5.65. The van der Waals surface area contributed by atoms with Crippen LogP contribution < -0.4 is 4.74 Å². The molecule has 1 rings (SSSR count). The molecule has 0 aromatic heterocycles. The molecule has 0 spiro atoms. The van der Waals surface area contributed by atoms with Crippen molar-refractivity contribution in [3.63, 3.8) is 0 Å². The third-order valence-electron chi connectivity index (χ3n) is 3.02. The number of aliphatic carboxylic acids is 1. The molecule has 4 nitrogen and oxygen atoms in total. The maximum atomic E-state index is 10.8. The van der Waals surface area contributed by atoms with Crippen LogP contribution in [0.4, 0.5) is 0 Å². The fourth-order valence-corrected chi connectivity index (χ4v) is 1.60. The minimum Gasteiger partial charge on any atom is -0.493 e. The third kappa shape index (κ3) is 4.37. The van der Waals surface area contributed by atoms with Crippen LogP contribution in [0.3, 0.4) is 0 Å². The number of aryl methyl sites for hydroxylation is 1. The van der Waals surface area contributed by atoms with E-state index in [2.05, 4.69) is 0 Å². The lowest BCUT2D eigenvalue weighted by Gasteiger charge is -2.20. The monoisotopic (exact) mass is 251 g/mol. The number of hydrogen-bond donors (Lipinski definition) is 1. The SMILES string of the molecule is Cc1ccccc1OCCCN(C)[C@@H](C)C(=O)O. The number of carboxylic acids is 1. The van der Waals surface area contributed by atoms with Gasteiger partial charge in [-0.3, -0.25) is 9.69 Å². The molecule has 1 atom stereocenters. The molecular formula is C14H21NO3. The first-order chi connectivity index (χ1) is 8.52. The summed E-state index contributed by atoms with van der Waals surface area (Å²) in [5.41, 5.74) is 1.12. The van der Waals surface area contributed by atoms with E-state index >= 15 is 0 Å². The molecule has 0 amide bonds. The minimum absolute atomic E-state index is 0.455. The minimum atomic E-state index is -0.794. The van der Waals surface area contributed by atoms with Gasteiger partial charge < -0.3 is 9.84 Å². The second-order valence-corrected chi connectivity index (χ2v) is 4.46. The zero-order valence-corrected chi connectivity index (χ0v) is 11.2. The summed E-state index contributed by atoms with van der Waals surface area (Å²) in [4.78, 5) is 12.6. The number of rotatable bonds is 7. The number of hydrogen-bond acceptors (Lipinski definition) is 3. The van der Waals surface area contributed by atoms with Crippen LogP contribution in [-0.2, 0) is 4.79 Å². The topological polar surface area (TPSA) is 49.8 Å². The highest BCUT2D eigenvalue weighted by molar-refractivity contribution is 5.72. The van der Waals surface area contributed by atoms with Crippen molar-refractivity contribution in [1.29, 1.82) is 0 Å². The molecule has 18 heavy (non-hydrogen) atoms. The fourth-order valence-electron chi connectivity index (χ4n) is 1.60. The molecular weight excluding hydrogens is 230 g/mol. The lowest BCUT2D eigenvalue weighted by atomic mass is 10.2. The zero-order valence-electron chi connectivity index (χ0n) is 11.2. The van der Waals surface area contributed by atoms with Gasteiger partial charge in [-0.15, -0.1) is 0 Å². The van der Waals surface area contributed by atoms with Crippen molar-refractivity contribution in [2.24, 2.45) is 0 Å². The Morgan fingerprint density at radius 1 is 1.44 bits per heavy atom. The van der Waals surface area contributed by atoms with E-state index in [0.29, 0.717) is 13.2 Å². The Labute approximate surface area is 108 Å². The van der Waals surface area contributed by atoms with Crippen molar-refractivity contribution >= 4 is 5.97 Å². The number of carboxylic acid groups (broad SMARTS) is 1. The molecule has 1 N–H and O–H groups in total. The number of ether oxygens (including phenoxy) is 1. The zero-order chi connectivity index (χ0) is 13.5. The second kappa shape index (κ2) is 7.01. The average molecular weight is 251 g/mol. The summed E-state index contributed by atoms with van der Waals surface area (Å²) in [5.74, 6) is 0.101. The van der Waals surface area contributed by atoms with Crippen LogP contribution in [0.15, 0.2) is 24.3 Å². The molecule has 1 aromatic carbocycles. The maximum Gasteiger partial charge on any atom is 0.320 e. The Hall–Kier alpha value is -1.55. The van der Waals surface area contributed by atoms with Gasteiger partial charge in [0.25, 0.3) is 0 Å². The highest BCUT2D eigenvalue weighted by atomic mass is 16.5. The van der Waals surface area contributed by atoms with Crippen LogP contribution in [0.5, 0.6) is 5.75 Å². The number of nitrogens with zero attached hydrogens (tertiary/aromatic N) is 1. The van der Waals surface area contributed by atoms with Gasteiger partial charge in [0.05, 0.1) is 6.61 Å². The fraction of sp³-hybridized carbons (Fsp3) is 0.500. The summed E-state index contributed by atoms with van der Waals surface area (Å²) in [5, 5.41) is 8.85. The van der Waals surface area contributed by atoms with Gasteiger partial charge in [0.2, 0.25) is 0 Å². The normalized spacial score (nSPS) is 12.4. The first-order valence-corrected chi connectivity index (χ1v) is 6.14. The van der Waals surface area contributed by atoms with Crippen LogP contribution in [0.25, 0.3) is 0 Å². The number of likely N-dealkylation sites (N-methyl/N-ethyl adjacent to an activating group) is 1. The number of benzene rings is 1. The summed E-state index contributed by atoms with van der Waals surface area (Å²) in [6.45, 7) is 5.00. The first-order valence-electron chi connectivity index (χ1n) is 6.14. The smallest absolute Gasteiger partial charge is 0.320 e. The van der Waals surface area contributed by atoms with Crippen molar-refractivity contribution in [1.82, 2.24) is 4.90 Å². The summed E-state index contributed by atoms with van der Waals surface area (Å²) >= 11 is 0. The molecule has 0 bridgehead atoms. The largest absolute Gasteiger partial charge is 0.493 e. The number of para-hydroxylation sites is 1. The highest BCUT2D eigenvalue weighted by Crippen LogP contribution is 2.16. The van der Waals surface area contributed by atoms with Gasteiger partial charge in [-0.25, -0.2) is 0 Å². The van der Waals surface area contributed by atoms with Crippen molar-refractivity contribution in [3.05, 3.63) is 29.8 Å². The molecule has 100 valence electrons. The quantitative estimate of drug-likeness (QED) is 0.755. The van der Waals surface area contributed by atoms with E-state index in [1.165, 1.54) is 0 Å². The first kappa shape index (κ1) is 14.5. The van der Waals surface area contributed by atoms with E-state index in [9.17, 15) is 4.79 Å². The van der Waals surface area contributed by atoms with Crippen LogP contribution in [0, 0.1) is 6.92 Å². The lowest BCUT2D eigenvalue weighted by molar-refractivity contribution is -0.142. The molecule has 0 unspecified atom stereocenters. The summed E-state index contributed by atoms with van der Waals surface area (Å²) < 4.78 is 5.65. The molecule has 0 saturated carbocycles. The predicted molar refractivity (Wildman–Crippen MR) is 71.0 cm³/mol. The molecule has 0 aliphatic carbocycles. The van der Waals surface area contributed by atoms with Gasteiger partial charge in [0.1, 0.15) is 11.8 Å². The Balaban J connectivity index is 2.27. The summed E-state index contributed by atoms with van der Waals surface area (Å²) in [7, 11) is 1.81. The molecule has 0 heterocycles. The summed E-state index contributed by atoms with van der Waals surface area (Å²) in [6.07, 6.45) is 0.808. The van der Waals surface area contributed by atoms with Gasteiger partial charge in [-0.2, -0.15) is 0 Å². The van der Waals surface area contributed by atoms with E-state index < -0.39 is 12.0 Å². The lowest BCUT2D eigenvalue weighted by Crippen LogP contribution is -2.36. The van der Waals surface area contributed by atoms with Crippen molar-refractivity contribution in [2.45, 2.75) is 26.3 Å². The van der Waals surface area contributed by atoms with E-state index in [4.69, 9.17) is 9.84 Å². The van der Waals surface area contributed by atoms with Gasteiger partial charge in [0.15, 0.2) is 0 Å². The average Bonchev–Trinajstić information content (AvgIpc) is 2.35. The van der Waals surface area contributed by atoms with E-state index in [1.807, 2.05) is 43.1 Å².